The van der Waals surface area contributed by atoms with Crippen LogP contribution in [-0.2, 0) is 0 Å². The topological polar surface area (TPSA) is 20.2 Å². The highest BCUT2D eigenvalue weighted by Crippen LogP contribution is 2.51. The Balaban J connectivity index is 2.35. The molecule has 0 amide bonds. The fraction of sp³-hybridized carbons (Fsp3) is 0.778. The molecule has 0 aromatic rings. The summed E-state index contributed by atoms with van der Waals surface area (Å²) in [5.41, 5.74) is 0.183. The summed E-state index contributed by atoms with van der Waals surface area (Å²) < 4.78 is 0. The molecule has 2 rings (SSSR count). The number of rotatable bonds is 3. The molecule has 0 bridgehead atoms. The van der Waals surface area contributed by atoms with E-state index in [-0.39, 0.29) is 11.5 Å². The number of aliphatic hydroxyl groups is 1. The van der Waals surface area contributed by atoms with Crippen LogP contribution in [0.5, 0.6) is 0 Å². The molecule has 1 saturated carbocycles. The summed E-state index contributed by atoms with van der Waals surface area (Å²) >= 11 is 0. The van der Waals surface area contributed by atoms with Gasteiger partial charge in [0, 0.05) is 0 Å². The van der Waals surface area contributed by atoms with E-state index >= 15 is 0 Å². The lowest BCUT2D eigenvalue weighted by Gasteiger charge is -2.42. The lowest BCUT2D eigenvalue weighted by atomic mass is 9.63. The Labute approximate surface area is 118 Å². The molecule has 1 nitrogen and oxygen atoms in total. The molecule has 108 valence electrons. The van der Waals surface area contributed by atoms with Crippen LogP contribution in [0.1, 0.15) is 53.4 Å². The maximum Gasteiger partial charge on any atom is 0.0601 e. The molecule has 19 heavy (non-hydrogen) atoms. The van der Waals surface area contributed by atoms with Gasteiger partial charge in [0.15, 0.2) is 0 Å². The lowest BCUT2D eigenvalue weighted by Crippen LogP contribution is -2.40. The molecule has 1 heteroatoms. The Bertz CT molecular complexity index is 353. The van der Waals surface area contributed by atoms with Crippen molar-refractivity contribution in [2.24, 2.45) is 29.1 Å². The third-order valence-corrected chi connectivity index (χ3v) is 5.63. The molecule has 0 heterocycles. The molecule has 5 atom stereocenters. The van der Waals surface area contributed by atoms with Crippen molar-refractivity contribution in [1.82, 2.24) is 0 Å². The maximum atomic E-state index is 10.9. The van der Waals surface area contributed by atoms with Gasteiger partial charge in [0.05, 0.1) is 6.10 Å². The van der Waals surface area contributed by atoms with Crippen molar-refractivity contribution in [3.63, 3.8) is 0 Å². The summed E-state index contributed by atoms with van der Waals surface area (Å²) in [7, 11) is 0. The Kier molecular flexibility index (Phi) is 4.55. The van der Waals surface area contributed by atoms with Crippen LogP contribution < -0.4 is 0 Å². The van der Waals surface area contributed by atoms with Gasteiger partial charge in [-0.15, -0.1) is 0 Å². The summed E-state index contributed by atoms with van der Waals surface area (Å²) in [6, 6.07) is 0. The second-order valence-electron chi connectivity index (χ2n) is 7.07. The second kappa shape index (κ2) is 5.83. The van der Waals surface area contributed by atoms with Gasteiger partial charge in [0.1, 0.15) is 0 Å². The average Bonchev–Trinajstić information content (AvgIpc) is 2.45. The van der Waals surface area contributed by atoms with Gasteiger partial charge in [-0.05, 0) is 41.9 Å². The van der Waals surface area contributed by atoms with Crippen molar-refractivity contribution < 1.29 is 5.11 Å². The van der Waals surface area contributed by atoms with E-state index in [4.69, 9.17) is 0 Å². The van der Waals surface area contributed by atoms with Crippen LogP contribution in [0, 0.1) is 29.1 Å². The zero-order chi connectivity index (χ0) is 14.0. The molecule has 0 aliphatic heterocycles. The van der Waals surface area contributed by atoms with Gasteiger partial charge in [-0.1, -0.05) is 64.8 Å². The van der Waals surface area contributed by atoms with Gasteiger partial charge < -0.3 is 5.11 Å². The zero-order valence-electron chi connectivity index (χ0n) is 13.0. The highest BCUT2D eigenvalue weighted by atomic mass is 16.3. The summed E-state index contributed by atoms with van der Waals surface area (Å²) in [6.45, 7) is 9.19. The first kappa shape index (κ1) is 14.8. The van der Waals surface area contributed by atoms with E-state index in [0.29, 0.717) is 23.7 Å². The third-order valence-electron chi connectivity index (χ3n) is 5.63. The highest BCUT2D eigenvalue weighted by molar-refractivity contribution is 5.19. The fourth-order valence-electron chi connectivity index (χ4n) is 4.61. The van der Waals surface area contributed by atoms with Crippen molar-refractivity contribution in [3.05, 3.63) is 24.3 Å². The first-order valence-corrected chi connectivity index (χ1v) is 8.05. The standard InChI is InChI=1S/C18H30O/c1-5-9-14-12-13-10-7-8-11-16(13)18(3,4)15(6-2)17(14)19/h7-8,10-11,13-17,19H,5-6,9,12H2,1-4H3. The zero-order valence-corrected chi connectivity index (χ0v) is 13.0. The number of aliphatic hydroxyl groups excluding tert-OH is 1. The van der Waals surface area contributed by atoms with Crippen molar-refractivity contribution in [2.75, 3.05) is 0 Å². The maximum absolute atomic E-state index is 10.9. The number of hydrogen-bond acceptors (Lipinski definition) is 1. The second-order valence-corrected chi connectivity index (χ2v) is 7.07. The molecule has 0 aromatic heterocycles. The summed E-state index contributed by atoms with van der Waals surface area (Å²) in [5, 5.41) is 10.9. The number of hydrogen-bond donors (Lipinski definition) is 1. The van der Waals surface area contributed by atoms with E-state index in [1.165, 1.54) is 6.42 Å². The van der Waals surface area contributed by atoms with Crippen LogP contribution in [0.3, 0.4) is 0 Å². The minimum Gasteiger partial charge on any atom is -0.393 e. The molecule has 0 aromatic carbocycles. The predicted molar refractivity (Wildman–Crippen MR) is 81.8 cm³/mol. The number of fused-ring (bicyclic) bond motifs is 1. The fourth-order valence-corrected chi connectivity index (χ4v) is 4.61. The van der Waals surface area contributed by atoms with E-state index < -0.39 is 0 Å². The minimum absolute atomic E-state index is 0.132. The minimum atomic E-state index is -0.132. The Morgan fingerprint density at radius 1 is 1.16 bits per heavy atom. The molecule has 5 unspecified atom stereocenters. The SMILES string of the molecule is CCCC1CC2C=CC=CC2C(C)(C)C(CC)C1O. The van der Waals surface area contributed by atoms with Crippen LogP contribution in [0.15, 0.2) is 24.3 Å². The van der Waals surface area contributed by atoms with E-state index in [1.807, 2.05) is 0 Å². The van der Waals surface area contributed by atoms with Gasteiger partial charge in [-0.25, -0.2) is 0 Å². The Hall–Kier alpha value is -0.560. The van der Waals surface area contributed by atoms with Gasteiger partial charge in [-0.2, -0.15) is 0 Å². The molecule has 1 fully saturated rings. The highest BCUT2D eigenvalue weighted by Gasteiger charge is 2.47. The van der Waals surface area contributed by atoms with E-state index in [9.17, 15) is 5.11 Å². The monoisotopic (exact) mass is 262 g/mol. The lowest BCUT2D eigenvalue weighted by molar-refractivity contribution is -0.00914. The Morgan fingerprint density at radius 3 is 2.47 bits per heavy atom. The largest absolute Gasteiger partial charge is 0.393 e. The molecule has 2 aliphatic rings. The van der Waals surface area contributed by atoms with Crippen molar-refractivity contribution >= 4 is 0 Å². The van der Waals surface area contributed by atoms with Gasteiger partial charge in [0.2, 0.25) is 0 Å². The molecule has 0 saturated heterocycles. The summed E-state index contributed by atoms with van der Waals surface area (Å²) in [6.07, 6.45) is 13.6. The summed E-state index contributed by atoms with van der Waals surface area (Å²) in [4.78, 5) is 0. The van der Waals surface area contributed by atoms with Crippen molar-refractivity contribution in [1.29, 1.82) is 0 Å². The molecule has 0 radical (unpaired) electrons. The van der Waals surface area contributed by atoms with Crippen molar-refractivity contribution in [2.45, 2.75) is 59.5 Å². The first-order chi connectivity index (χ1) is 9.02. The molecular weight excluding hydrogens is 232 g/mol. The van der Waals surface area contributed by atoms with Gasteiger partial charge >= 0.3 is 0 Å². The van der Waals surface area contributed by atoms with Crippen LogP contribution in [0.2, 0.25) is 0 Å². The van der Waals surface area contributed by atoms with Crippen LogP contribution >= 0.6 is 0 Å². The molecule has 0 spiro atoms. The van der Waals surface area contributed by atoms with Crippen LogP contribution in [0.25, 0.3) is 0 Å². The van der Waals surface area contributed by atoms with Gasteiger partial charge in [0.25, 0.3) is 0 Å². The predicted octanol–water partition coefficient (Wildman–Crippen LogP) is 4.58. The normalized spacial score (nSPS) is 40.8. The molecule has 1 N–H and O–H groups in total. The summed E-state index contributed by atoms with van der Waals surface area (Å²) in [5.74, 6) is 2.08. The van der Waals surface area contributed by atoms with E-state index in [0.717, 1.165) is 19.3 Å². The van der Waals surface area contributed by atoms with E-state index in [1.54, 1.807) is 0 Å². The van der Waals surface area contributed by atoms with Crippen LogP contribution in [-0.4, -0.2) is 11.2 Å². The molecule has 2 aliphatic carbocycles. The van der Waals surface area contributed by atoms with Crippen LogP contribution in [0.4, 0.5) is 0 Å². The average molecular weight is 262 g/mol. The van der Waals surface area contributed by atoms with Crippen molar-refractivity contribution in [3.8, 4) is 0 Å². The third kappa shape index (κ3) is 2.67. The van der Waals surface area contributed by atoms with Gasteiger partial charge in [-0.3, -0.25) is 0 Å². The first-order valence-electron chi connectivity index (χ1n) is 8.05. The quantitative estimate of drug-likeness (QED) is 0.789. The van der Waals surface area contributed by atoms with E-state index in [2.05, 4.69) is 52.0 Å². The Morgan fingerprint density at radius 2 is 1.84 bits per heavy atom. The number of allylic oxidation sites excluding steroid dienone is 4. The smallest absolute Gasteiger partial charge is 0.0601 e. The molecular formula is C18H30O.